The van der Waals surface area contributed by atoms with Crippen LogP contribution in [0.25, 0.3) is 0 Å². The van der Waals surface area contributed by atoms with Crippen molar-refractivity contribution in [2.45, 2.75) is 96.3 Å². The summed E-state index contributed by atoms with van der Waals surface area (Å²) >= 11 is 0. The summed E-state index contributed by atoms with van der Waals surface area (Å²) in [4.78, 5) is 28.1. The van der Waals surface area contributed by atoms with E-state index in [9.17, 15) is 14.7 Å². The third-order valence-electron chi connectivity index (χ3n) is 5.99. The molecule has 1 amide bonds. The van der Waals surface area contributed by atoms with Crippen molar-refractivity contribution in [3.05, 3.63) is 29.1 Å². The van der Waals surface area contributed by atoms with Gasteiger partial charge in [0.05, 0.1) is 6.10 Å². The zero-order valence-corrected chi connectivity index (χ0v) is 19.0. The van der Waals surface area contributed by atoms with E-state index < -0.39 is 23.7 Å². The molecule has 172 valence electrons. The highest BCUT2D eigenvalue weighted by Crippen LogP contribution is 2.34. The van der Waals surface area contributed by atoms with Gasteiger partial charge in [-0.1, -0.05) is 6.07 Å². The summed E-state index contributed by atoms with van der Waals surface area (Å²) in [5, 5.41) is 11.7. The van der Waals surface area contributed by atoms with Crippen molar-refractivity contribution in [1.82, 2.24) is 10.3 Å². The first-order valence-electron chi connectivity index (χ1n) is 11.5. The van der Waals surface area contributed by atoms with E-state index in [0.717, 1.165) is 32.1 Å². The molecule has 0 radical (unpaired) electrons. The van der Waals surface area contributed by atoms with Crippen LogP contribution >= 0.6 is 0 Å². The molecule has 1 unspecified atom stereocenters. The lowest BCUT2D eigenvalue weighted by Crippen LogP contribution is -2.44. The molecule has 1 fully saturated rings. The van der Waals surface area contributed by atoms with Crippen LogP contribution in [-0.4, -0.2) is 46.5 Å². The van der Waals surface area contributed by atoms with Crippen LogP contribution in [0.15, 0.2) is 12.1 Å². The quantitative estimate of drug-likeness (QED) is 0.611. The number of ether oxygens (including phenoxy) is 2. The van der Waals surface area contributed by atoms with E-state index in [1.165, 1.54) is 36.2 Å². The van der Waals surface area contributed by atoms with E-state index in [1.54, 1.807) is 20.8 Å². The summed E-state index contributed by atoms with van der Waals surface area (Å²) in [5.74, 6) is -0.448. The van der Waals surface area contributed by atoms with E-state index in [-0.39, 0.29) is 12.5 Å². The summed E-state index contributed by atoms with van der Waals surface area (Å²) < 4.78 is 11.0. The van der Waals surface area contributed by atoms with Crippen LogP contribution in [0.5, 0.6) is 0 Å². The van der Waals surface area contributed by atoms with Crippen LogP contribution in [0.3, 0.4) is 0 Å². The molecule has 1 aromatic rings. The second-order valence-corrected chi connectivity index (χ2v) is 9.81. The standard InChI is InChI=1S/C24H36N2O5/c1-24(2,3)31-23(29)26-21(22(27)28)12-13-30-19-14-16(15-19)8-10-18-11-9-17-6-4-5-7-20(17)25-18/h9,11,16,19,21H,4-8,10,12-15H2,1-3H3,(H,26,29)(H,27,28). The summed E-state index contributed by atoms with van der Waals surface area (Å²) in [6.45, 7) is 5.51. The molecule has 0 spiro atoms. The summed E-state index contributed by atoms with van der Waals surface area (Å²) in [6, 6.07) is 3.43. The fourth-order valence-corrected chi connectivity index (χ4v) is 4.22. The second-order valence-electron chi connectivity index (χ2n) is 9.81. The lowest BCUT2D eigenvalue weighted by atomic mass is 9.79. The van der Waals surface area contributed by atoms with Gasteiger partial charge in [-0.2, -0.15) is 0 Å². The maximum atomic E-state index is 11.8. The minimum absolute atomic E-state index is 0.178. The SMILES string of the molecule is CC(C)(C)OC(=O)NC(CCOC1CC(CCc2ccc3c(n2)CCCC3)C1)C(=O)O. The molecule has 31 heavy (non-hydrogen) atoms. The molecule has 1 heterocycles. The van der Waals surface area contributed by atoms with Crippen LogP contribution in [0, 0.1) is 5.92 Å². The van der Waals surface area contributed by atoms with Gasteiger partial charge in [-0.3, -0.25) is 4.98 Å². The smallest absolute Gasteiger partial charge is 0.408 e. The summed E-state index contributed by atoms with van der Waals surface area (Å²) in [7, 11) is 0. The number of fused-ring (bicyclic) bond motifs is 1. The average Bonchev–Trinajstić information content (AvgIpc) is 2.66. The van der Waals surface area contributed by atoms with Crippen LogP contribution in [0.4, 0.5) is 4.79 Å². The Morgan fingerprint density at radius 1 is 1.23 bits per heavy atom. The van der Waals surface area contributed by atoms with E-state index in [2.05, 4.69) is 17.4 Å². The fraction of sp³-hybridized carbons (Fsp3) is 0.708. The number of rotatable bonds is 9. The van der Waals surface area contributed by atoms with Gasteiger partial charge in [0.2, 0.25) is 0 Å². The number of carboxylic acids is 1. The van der Waals surface area contributed by atoms with Crippen molar-refractivity contribution >= 4 is 12.1 Å². The number of carboxylic acid groups (broad SMARTS) is 1. The number of aromatic nitrogens is 1. The first-order valence-corrected chi connectivity index (χ1v) is 11.5. The number of aliphatic carboxylic acids is 1. The van der Waals surface area contributed by atoms with E-state index in [4.69, 9.17) is 14.5 Å². The Hall–Kier alpha value is -2.15. The summed E-state index contributed by atoms with van der Waals surface area (Å²) in [6.07, 6.45) is 8.61. The Balaban J connectivity index is 1.31. The van der Waals surface area contributed by atoms with Gasteiger partial charge in [0.25, 0.3) is 0 Å². The largest absolute Gasteiger partial charge is 0.480 e. The van der Waals surface area contributed by atoms with Gasteiger partial charge in [0.1, 0.15) is 11.6 Å². The molecular weight excluding hydrogens is 396 g/mol. The van der Waals surface area contributed by atoms with Crippen LogP contribution < -0.4 is 5.32 Å². The monoisotopic (exact) mass is 432 g/mol. The normalized spacial score (nSPS) is 21.5. The minimum atomic E-state index is -1.08. The van der Waals surface area contributed by atoms with Gasteiger partial charge in [0.15, 0.2) is 0 Å². The Morgan fingerprint density at radius 3 is 2.68 bits per heavy atom. The molecule has 0 aliphatic heterocycles. The molecule has 2 N–H and O–H groups in total. The summed E-state index contributed by atoms with van der Waals surface area (Å²) in [5.41, 5.74) is 3.25. The van der Waals surface area contributed by atoms with Gasteiger partial charge in [-0.15, -0.1) is 0 Å². The Bertz CT molecular complexity index is 768. The van der Waals surface area contributed by atoms with Crippen molar-refractivity contribution in [3.63, 3.8) is 0 Å². The van der Waals surface area contributed by atoms with Gasteiger partial charge in [0, 0.05) is 24.4 Å². The molecule has 1 saturated carbocycles. The minimum Gasteiger partial charge on any atom is -0.480 e. The van der Waals surface area contributed by atoms with Gasteiger partial charge in [-0.05, 0) is 89.7 Å². The number of carbonyl (C=O) groups excluding carboxylic acids is 1. The number of pyridine rings is 1. The maximum absolute atomic E-state index is 11.8. The highest BCUT2D eigenvalue weighted by Gasteiger charge is 2.30. The van der Waals surface area contributed by atoms with E-state index >= 15 is 0 Å². The molecule has 7 heteroatoms. The highest BCUT2D eigenvalue weighted by molar-refractivity contribution is 5.79. The third kappa shape index (κ3) is 7.49. The van der Waals surface area contributed by atoms with Gasteiger partial charge < -0.3 is 19.9 Å². The van der Waals surface area contributed by atoms with Crippen molar-refractivity contribution in [3.8, 4) is 0 Å². The van der Waals surface area contributed by atoms with Gasteiger partial charge in [-0.25, -0.2) is 9.59 Å². The maximum Gasteiger partial charge on any atom is 0.408 e. The number of nitrogens with one attached hydrogen (secondary N) is 1. The molecule has 2 aliphatic carbocycles. The lowest BCUT2D eigenvalue weighted by Gasteiger charge is -2.35. The van der Waals surface area contributed by atoms with E-state index in [1.807, 2.05) is 0 Å². The molecule has 0 saturated heterocycles. The number of aryl methyl sites for hydroxylation is 3. The predicted molar refractivity (Wildman–Crippen MR) is 117 cm³/mol. The number of alkyl carbamates (subject to hydrolysis) is 1. The van der Waals surface area contributed by atoms with Crippen molar-refractivity contribution in [1.29, 1.82) is 0 Å². The van der Waals surface area contributed by atoms with Crippen molar-refractivity contribution in [2.24, 2.45) is 5.92 Å². The number of nitrogens with zero attached hydrogens (tertiary/aromatic N) is 1. The molecule has 2 aliphatic rings. The second kappa shape index (κ2) is 10.4. The fourth-order valence-electron chi connectivity index (χ4n) is 4.22. The number of hydrogen-bond acceptors (Lipinski definition) is 5. The van der Waals surface area contributed by atoms with E-state index in [0.29, 0.717) is 12.5 Å². The van der Waals surface area contributed by atoms with Crippen LogP contribution in [0.2, 0.25) is 0 Å². The van der Waals surface area contributed by atoms with Crippen molar-refractivity contribution in [2.75, 3.05) is 6.61 Å². The first kappa shape index (κ1) is 23.5. The number of amides is 1. The Morgan fingerprint density at radius 2 is 1.97 bits per heavy atom. The zero-order chi connectivity index (χ0) is 22.4. The topological polar surface area (TPSA) is 97.8 Å². The third-order valence-corrected chi connectivity index (χ3v) is 5.99. The number of hydrogen-bond donors (Lipinski definition) is 2. The lowest BCUT2D eigenvalue weighted by molar-refractivity contribution is -0.140. The van der Waals surface area contributed by atoms with Crippen LogP contribution in [-0.2, 0) is 33.5 Å². The molecule has 1 atom stereocenters. The number of carbonyl (C=O) groups is 2. The van der Waals surface area contributed by atoms with Gasteiger partial charge >= 0.3 is 12.1 Å². The average molecular weight is 433 g/mol. The molecule has 0 bridgehead atoms. The first-order chi connectivity index (χ1) is 14.7. The highest BCUT2D eigenvalue weighted by atomic mass is 16.6. The molecule has 1 aromatic heterocycles. The Kier molecular flexibility index (Phi) is 7.92. The Labute approximate surface area is 184 Å². The molecule has 3 rings (SSSR count). The zero-order valence-electron chi connectivity index (χ0n) is 19.0. The molecular formula is C24H36N2O5. The molecule has 0 aromatic carbocycles. The molecule has 7 nitrogen and oxygen atoms in total. The predicted octanol–water partition coefficient (Wildman–Crippen LogP) is 4.06. The van der Waals surface area contributed by atoms with Crippen molar-refractivity contribution < 1.29 is 24.2 Å². The van der Waals surface area contributed by atoms with Crippen LogP contribution in [0.1, 0.15) is 76.2 Å².